The molecular formula is C33H43N3O7S. The highest BCUT2D eigenvalue weighted by Gasteiger charge is 2.35. The summed E-state index contributed by atoms with van der Waals surface area (Å²) >= 11 is 0. The van der Waals surface area contributed by atoms with Gasteiger partial charge in [0, 0.05) is 18.2 Å². The Kier molecular flexibility index (Phi) is 11.3. The molecule has 0 fully saturated rings. The molecular weight excluding hydrogens is 582 g/mol. The Bertz CT molecular complexity index is 1550. The summed E-state index contributed by atoms with van der Waals surface area (Å²) in [6.07, 6.45) is 0.310. The Balaban J connectivity index is 2.12. The third-order valence-corrected chi connectivity index (χ3v) is 8.68. The van der Waals surface area contributed by atoms with E-state index in [1.807, 2.05) is 40.7 Å². The summed E-state index contributed by atoms with van der Waals surface area (Å²) in [6.45, 7) is 8.80. The molecule has 3 aromatic carbocycles. The predicted molar refractivity (Wildman–Crippen MR) is 171 cm³/mol. The molecule has 0 aliphatic rings. The first-order chi connectivity index (χ1) is 20.7. The van der Waals surface area contributed by atoms with Gasteiger partial charge in [0.1, 0.15) is 18.3 Å². The normalized spacial score (nSPS) is 12.2. The van der Waals surface area contributed by atoms with Crippen LogP contribution in [0.25, 0.3) is 0 Å². The number of methoxy groups -OCH3 is 3. The molecule has 0 aromatic heterocycles. The molecule has 238 valence electrons. The van der Waals surface area contributed by atoms with Crippen LogP contribution in [0, 0.1) is 6.92 Å². The van der Waals surface area contributed by atoms with E-state index in [0.717, 1.165) is 15.4 Å². The molecule has 0 radical (unpaired) electrons. The van der Waals surface area contributed by atoms with Crippen LogP contribution in [0.4, 0.5) is 5.69 Å². The molecule has 1 N–H and O–H groups in total. The van der Waals surface area contributed by atoms with Gasteiger partial charge in [-0.3, -0.25) is 13.9 Å². The fourth-order valence-corrected chi connectivity index (χ4v) is 6.11. The molecule has 3 aromatic rings. The molecule has 0 heterocycles. The van der Waals surface area contributed by atoms with Crippen molar-refractivity contribution in [2.45, 2.75) is 64.1 Å². The monoisotopic (exact) mass is 625 g/mol. The second-order valence-corrected chi connectivity index (χ2v) is 13.3. The van der Waals surface area contributed by atoms with Gasteiger partial charge in [-0.15, -0.1) is 0 Å². The van der Waals surface area contributed by atoms with E-state index in [1.165, 1.54) is 37.3 Å². The van der Waals surface area contributed by atoms with Gasteiger partial charge in [0.15, 0.2) is 11.5 Å². The van der Waals surface area contributed by atoms with Crippen LogP contribution in [0.2, 0.25) is 0 Å². The van der Waals surface area contributed by atoms with Gasteiger partial charge in [-0.1, -0.05) is 36.8 Å². The number of sulfonamides is 1. The van der Waals surface area contributed by atoms with E-state index in [1.54, 1.807) is 49.6 Å². The zero-order valence-electron chi connectivity index (χ0n) is 26.7. The minimum Gasteiger partial charge on any atom is -0.497 e. The molecule has 11 heteroatoms. The van der Waals surface area contributed by atoms with E-state index in [0.29, 0.717) is 23.6 Å². The highest BCUT2D eigenvalue weighted by molar-refractivity contribution is 7.92. The fourth-order valence-electron chi connectivity index (χ4n) is 4.68. The SMILES string of the molecule is CC[C@@H](C(=O)NC(C)(C)C)N(Cc1cccc(OC)c1)C(=O)CN(c1ccc(C)cc1)S(=O)(=O)c1ccc(OC)c(OC)c1. The number of hydrogen-bond acceptors (Lipinski definition) is 7. The van der Waals surface area contributed by atoms with E-state index >= 15 is 0 Å². The lowest BCUT2D eigenvalue weighted by Gasteiger charge is -2.35. The summed E-state index contributed by atoms with van der Waals surface area (Å²) in [7, 11) is 0.134. The van der Waals surface area contributed by atoms with Crippen LogP contribution in [0.5, 0.6) is 17.2 Å². The van der Waals surface area contributed by atoms with Crippen molar-refractivity contribution in [2.24, 2.45) is 0 Å². The molecule has 1 atom stereocenters. The summed E-state index contributed by atoms with van der Waals surface area (Å²) in [5.41, 5.74) is 1.41. The Morgan fingerprint density at radius 1 is 0.886 bits per heavy atom. The van der Waals surface area contributed by atoms with Crippen molar-refractivity contribution in [3.63, 3.8) is 0 Å². The maximum atomic E-state index is 14.3. The van der Waals surface area contributed by atoms with Crippen LogP contribution in [0.1, 0.15) is 45.2 Å². The van der Waals surface area contributed by atoms with Gasteiger partial charge >= 0.3 is 0 Å². The lowest BCUT2D eigenvalue weighted by atomic mass is 10.1. The van der Waals surface area contributed by atoms with Gasteiger partial charge in [-0.05, 0) is 76.1 Å². The number of ether oxygens (including phenoxy) is 3. The van der Waals surface area contributed by atoms with Crippen LogP contribution in [-0.2, 0) is 26.2 Å². The Labute approximate surface area is 261 Å². The molecule has 0 saturated carbocycles. The van der Waals surface area contributed by atoms with Crippen molar-refractivity contribution in [2.75, 3.05) is 32.2 Å². The van der Waals surface area contributed by atoms with Gasteiger partial charge in [-0.25, -0.2) is 8.42 Å². The van der Waals surface area contributed by atoms with Crippen molar-refractivity contribution in [3.05, 3.63) is 77.9 Å². The van der Waals surface area contributed by atoms with Crippen LogP contribution in [0.15, 0.2) is 71.6 Å². The third kappa shape index (κ3) is 8.43. The number of nitrogens with one attached hydrogen (secondary N) is 1. The van der Waals surface area contributed by atoms with E-state index in [-0.39, 0.29) is 23.1 Å². The van der Waals surface area contributed by atoms with Crippen LogP contribution < -0.4 is 23.8 Å². The molecule has 3 rings (SSSR count). The first kappa shape index (κ1) is 34.2. The van der Waals surface area contributed by atoms with Crippen molar-refractivity contribution in [1.82, 2.24) is 10.2 Å². The second-order valence-electron chi connectivity index (χ2n) is 11.4. The summed E-state index contributed by atoms with van der Waals surface area (Å²) in [5.74, 6) is 0.312. The molecule has 10 nitrogen and oxygen atoms in total. The van der Waals surface area contributed by atoms with Crippen molar-refractivity contribution >= 4 is 27.5 Å². The summed E-state index contributed by atoms with van der Waals surface area (Å²) in [5, 5.41) is 2.97. The first-order valence-corrected chi connectivity index (χ1v) is 15.7. The maximum Gasteiger partial charge on any atom is 0.264 e. The lowest BCUT2D eigenvalue weighted by Crippen LogP contribution is -2.55. The van der Waals surface area contributed by atoms with Gasteiger partial charge in [0.05, 0.1) is 31.9 Å². The molecule has 0 aliphatic carbocycles. The predicted octanol–water partition coefficient (Wildman–Crippen LogP) is 4.94. The van der Waals surface area contributed by atoms with Crippen LogP contribution in [0.3, 0.4) is 0 Å². The Morgan fingerprint density at radius 2 is 1.55 bits per heavy atom. The van der Waals surface area contributed by atoms with Gasteiger partial charge < -0.3 is 24.4 Å². The highest BCUT2D eigenvalue weighted by atomic mass is 32.2. The van der Waals surface area contributed by atoms with Crippen LogP contribution >= 0.6 is 0 Å². The maximum absolute atomic E-state index is 14.3. The number of rotatable bonds is 13. The van der Waals surface area contributed by atoms with Crippen LogP contribution in [-0.4, -0.2) is 64.6 Å². The average Bonchev–Trinajstić information content (AvgIpc) is 2.98. The highest BCUT2D eigenvalue weighted by Crippen LogP contribution is 2.32. The molecule has 2 amide bonds. The smallest absolute Gasteiger partial charge is 0.264 e. The quantitative estimate of drug-likeness (QED) is 0.286. The van der Waals surface area contributed by atoms with E-state index in [4.69, 9.17) is 14.2 Å². The summed E-state index contributed by atoms with van der Waals surface area (Å²) in [4.78, 5) is 29.1. The van der Waals surface area contributed by atoms with E-state index in [2.05, 4.69) is 5.32 Å². The van der Waals surface area contributed by atoms with Gasteiger partial charge in [-0.2, -0.15) is 0 Å². The number of carbonyl (C=O) groups excluding carboxylic acids is 2. The van der Waals surface area contributed by atoms with Gasteiger partial charge in [0.25, 0.3) is 10.0 Å². The lowest BCUT2D eigenvalue weighted by molar-refractivity contribution is -0.141. The molecule has 0 saturated heterocycles. The topological polar surface area (TPSA) is 114 Å². The number of benzene rings is 3. The Morgan fingerprint density at radius 3 is 2.11 bits per heavy atom. The minimum absolute atomic E-state index is 0.0598. The third-order valence-electron chi connectivity index (χ3n) is 6.92. The number of amides is 2. The number of hydrogen-bond donors (Lipinski definition) is 1. The summed E-state index contributed by atoms with van der Waals surface area (Å²) < 4.78 is 45.5. The fraction of sp³-hybridized carbons (Fsp3) is 0.394. The largest absolute Gasteiger partial charge is 0.497 e. The Hall–Kier alpha value is -4.25. The number of anilines is 1. The van der Waals surface area contributed by atoms with Crippen molar-refractivity contribution in [3.8, 4) is 17.2 Å². The average molecular weight is 626 g/mol. The molecule has 44 heavy (non-hydrogen) atoms. The van der Waals surface area contributed by atoms with E-state index < -0.39 is 34.1 Å². The second kappa shape index (κ2) is 14.5. The zero-order valence-corrected chi connectivity index (χ0v) is 27.5. The number of nitrogens with zero attached hydrogens (tertiary/aromatic N) is 2. The minimum atomic E-state index is -4.29. The zero-order chi connectivity index (χ0) is 32.7. The van der Waals surface area contributed by atoms with E-state index in [9.17, 15) is 18.0 Å². The molecule has 0 spiro atoms. The standard InChI is InChI=1S/C33H43N3O7S/c1-9-28(32(38)34-33(3,4)5)35(21-24-11-10-12-26(19-24)41-6)31(37)22-36(25-15-13-23(2)14-16-25)44(39,40)27-17-18-29(42-7)30(20-27)43-8/h10-20,28H,9,21-22H2,1-8H3,(H,34,38)/t28-/m0/s1. The molecule has 0 bridgehead atoms. The summed E-state index contributed by atoms with van der Waals surface area (Å²) in [6, 6.07) is 17.4. The van der Waals surface area contributed by atoms with Gasteiger partial charge in [0.2, 0.25) is 11.8 Å². The van der Waals surface area contributed by atoms with Crippen molar-refractivity contribution < 1.29 is 32.2 Å². The molecule has 0 unspecified atom stereocenters. The van der Waals surface area contributed by atoms with Crippen molar-refractivity contribution in [1.29, 1.82) is 0 Å². The molecule has 0 aliphatic heterocycles. The number of carbonyl (C=O) groups is 2. The number of aryl methyl sites for hydroxylation is 1. The first-order valence-electron chi connectivity index (χ1n) is 14.3.